The van der Waals surface area contributed by atoms with Crippen LogP contribution in [-0.2, 0) is 9.59 Å². The van der Waals surface area contributed by atoms with E-state index in [-0.39, 0.29) is 30.0 Å². The van der Waals surface area contributed by atoms with E-state index in [4.69, 9.17) is 9.47 Å². The molecule has 7 heteroatoms. The fourth-order valence-corrected chi connectivity index (χ4v) is 3.96. The standard InChI is InChI=1S/C27H31N3O4/c1-3-33-25-16-20(15-21(17-28)27(32)30-23-12-8-7-9-19(23)2)13-14-24(25)34-18-26(31)29-22-10-5-4-6-11-22/h4-6,10-11,13-16,19,23H,3,7-9,12,18H2,1-2H3,(H,29,31)(H,30,32)/b21-15+/t19-,23-/m0/s1. The molecule has 2 N–H and O–H groups in total. The van der Waals surface area contributed by atoms with E-state index in [1.54, 1.807) is 30.3 Å². The summed E-state index contributed by atoms with van der Waals surface area (Å²) in [7, 11) is 0. The first-order chi connectivity index (χ1) is 16.5. The van der Waals surface area contributed by atoms with E-state index >= 15 is 0 Å². The highest BCUT2D eigenvalue weighted by Gasteiger charge is 2.24. The van der Waals surface area contributed by atoms with Crippen molar-refractivity contribution < 1.29 is 19.1 Å². The van der Waals surface area contributed by atoms with Gasteiger partial charge >= 0.3 is 0 Å². The maximum atomic E-state index is 12.7. The molecule has 34 heavy (non-hydrogen) atoms. The van der Waals surface area contributed by atoms with Gasteiger partial charge in [0.15, 0.2) is 18.1 Å². The van der Waals surface area contributed by atoms with Crippen LogP contribution in [0.3, 0.4) is 0 Å². The summed E-state index contributed by atoms with van der Waals surface area (Å²) in [6.07, 6.45) is 5.82. The fraction of sp³-hybridized carbons (Fsp3) is 0.370. The topological polar surface area (TPSA) is 100 Å². The molecule has 2 atom stereocenters. The number of carbonyl (C=O) groups excluding carboxylic acids is 2. The second kappa shape index (κ2) is 12.4. The Bertz CT molecular complexity index is 1060. The summed E-state index contributed by atoms with van der Waals surface area (Å²) in [5, 5.41) is 15.3. The molecule has 1 fully saturated rings. The predicted molar refractivity (Wildman–Crippen MR) is 131 cm³/mol. The van der Waals surface area contributed by atoms with Gasteiger partial charge in [-0.1, -0.05) is 44.0 Å². The van der Waals surface area contributed by atoms with Gasteiger partial charge in [-0.3, -0.25) is 9.59 Å². The van der Waals surface area contributed by atoms with E-state index in [9.17, 15) is 14.9 Å². The van der Waals surface area contributed by atoms with Gasteiger partial charge in [-0.05, 0) is 61.6 Å². The van der Waals surface area contributed by atoms with Gasteiger partial charge in [-0.15, -0.1) is 0 Å². The van der Waals surface area contributed by atoms with E-state index < -0.39 is 0 Å². The van der Waals surface area contributed by atoms with Crippen LogP contribution in [-0.4, -0.2) is 31.1 Å². The van der Waals surface area contributed by atoms with E-state index in [1.807, 2.05) is 31.2 Å². The second-order valence-corrected chi connectivity index (χ2v) is 8.35. The van der Waals surface area contributed by atoms with E-state index in [0.29, 0.717) is 35.3 Å². The third kappa shape index (κ3) is 7.11. The van der Waals surface area contributed by atoms with Crippen LogP contribution in [0.2, 0.25) is 0 Å². The molecule has 7 nitrogen and oxygen atoms in total. The average Bonchev–Trinajstić information content (AvgIpc) is 2.84. The van der Waals surface area contributed by atoms with Crippen molar-refractivity contribution in [2.45, 2.75) is 45.6 Å². The van der Waals surface area contributed by atoms with Gasteiger partial charge < -0.3 is 20.1 Å². The highest BCUT2D eigenvalue weighted by atomic mass is 16.5. The molecule has 0 bridgehead atoms. The SMILES string of the molecule is CCOc1cc(/C=C(\C#N)C(=O)N[C@H]2CCCC[C@@H]2C)ccc1OCC(=O)Nc1ccccc1. The molecule has 0 saturated heterocycles. The molecule has 3 rings (SSSR count). The van der Waals surface area contributed by atoms with Crippen LogP contribution in [0.5, 0.6) is 11.5 Å². The Morgan fingerprint density at radius 1 is 1.09 bits per heavy atom. The van der Waals surface area contributed by atoms with Crippen molar-refractivity contribution in [2.24, 2.45) is 5.92 Å². The molecule has 1 saturated carbocycles. The monoisotopic (exact) mass is 461 g/mol. The maximum Gasteiger partial charge on any atom is 0.262 e. The Balaban J connectivity index is 1.68. The first kappa shape index (κ1) is 24.8. The molecule has 2 aromatic carbocycles. The van der Waals surface area contributed by atoms with Crippen LogP contribution in [0, 0.1) is 17.2 Å². The molecule has 1 aliphatic rings. The minimum absolute atomic E-state index is 0.0381. The lowest BCUT2D eigenvalue weighted by atomic mass is 9.86. The van der Waals surface area contributed by atoms with Gasteiger partial charge in [0.05, 0.1) is 6.61 Å². The largest absolute Gasteiger partial charge is 0.490 e. The molecule has 0 spiro atoms. The summed E-state index contributed by atoms with van der Waals surface area (Å²) in [6, 6.07) is 16.3. The lowest BCUT2D eigenvalue weighted by Crippen LogP contribution is -2.41. The molecule has 2 amide bonds. The number of carbonyl (C=O) groups is 2. The van der Waals surface area contributed by atoms with Crippen LogP contribution in [0.25, 0.3) is 6.08 Å². The number of nitriles is 1. The molecule has 0 unspecified atom stereocenters. The van der Waals surface area contributed by atoms with Gasteiger partial charge in [0.2, 0.25) is 0 Å². The Labute approximate surface area is 200 Å². The number of hydrogen-bond donors (Lipinski definition) is 2. The summed E-state index contributed by atoms with van der Waals surface area (Å²) in [4.78, 5) is 24.9. The Kier molecular flexibility index (Phi) is 9.10. The van der Waals surface area contributed by atoms with E-state index in [2.05, 4.69) is 17.6 Å². The van der Waals surface area contributed by atoms with Crippen molar-refractivity contribution >= 4 is 23.6 Å². The highest BCUT2D eigenvalue weighted by Crippen LogP contribution is 2.30. The highest BCUT2D eigenvalue weighted by molar-refractivity contribution is 6.02. The number of nitrogens with one attached hydrogen (secondary N) is 2. The van der Waals surface area contributed by atoms with Gasteiger partial charge in [0.1, 0.15) is 11.6 Å². The zero-order valence-corrected chi connectivity index (χ0v) is 19.7. The van der Waals surface area contributed by atoms with Gasteiger partial charge in [0.25, 0.3) is 11.8 Å². The maximum absolute atomic E-state index is 12.7. The third-order valence-electron chi connectivity index (χ3n) is 5.79. The van der Waals surface area contributed by atoms with Crippen LogP contribution in [0.4, 0.5) is 5.69 Å². The zero-order valence-electron chi connectivity index (χ0n) is 19.7. The first-order valence-electron chi connectivity index (χ1n) is 11.7. The fourth-order valence-electron chi connectivity index (χ4n) is 3.96. The smallest absolute Gasteiger partial charge is 0.262 e. The minimum Gasteiger partial charge on any atom is -0.490 e. The minimum atomic E-state index is -0.364. The van der Waals surface area contributed by atoms with E-state index in [1.165, 1.54) is 12.5 Å². The summed E-state index contributed by atoms with van der Waals surface area (Å²) >= 11 is 0. The van der Waals surface area contributed by atoms with Crippen molar-refractivity contribution in [2.75, 3.05) is 18.5 Å². The molecule has 0 aliphatic heterocycles. The lowest BCUT2D eigenvalue weighted by Gasteiger charge is -2.29. The number of anilines is 1. The Morgan fingerprint density at radius 2 is 1.85 bits per heavy atom. The van der Waals surface area contributed by atoms with Crippen molar-refractivity contribution in [3.63, 3.8) is 0 Å². The predicted octanol–water partition coefficient (Wildman–Crippen LogP) is 4.70. The number of nitrogens with zero attached hydrogens (tertiary/aromatic N) is 1. The van der Waals surface area contributed by atoms with Crippen LogP contribution >= 0.6 is 0 Å². The molecular formula is C27H31N3O4. The van der Waals surface area contributed by atoms with Gasteiger partial charge in [-0.2, -0.15) is 5.26 Å². The molecule has 0 aromatic heterocycles. The van der Waals surface area contributed by atoms with Crippen LogP contribution in [0.1, 0.15) is 45.1 Å². The molecule has 0 radical (unpaired) electrons. The lowest BCUT2D eigenvalue weighted by molar-refractivity contribution is -0.119. The normalized spacial score (nSPS) is 17.9. The van der Waals surface area contributed by atoms with Crippen molar-refractivity contribution in [1.29, 1.82) is 5.26 Å². The summed E-state index contributed by atoms with van der Waals surface area (Å²) in [5.41, 5.74) is 1.36. The number of rotatable bonds is 9. The number of benzene rings is 2. The third-order valence-corrected chi connectivity index (χ3v) is 5.79. The van der Waals surface area contributed by atoms with Crippen LogP contribution < -0.4 is 20.1 Å². The van der Waals surface area contributed by atoms with Gasteiger partial charge in [-0.25, -0.2) is 0 Å². The van der Waals surface area contributed by atoms with E-state index in [0.717, 1.165) is 19.3 Å². The first-order valence-corrected chi connectivity index (χ1v) is 11.7. The summed E-state index contributed by atoms with van der Waals surface area (Å²) in [6.45, 7) is 4.18. The average molecular weight is 462 g/mol. The molecule has 1 aliphatic carbocycles. The Hall–Kier alpha value is -3.79. The molecule has 0 heterocycles. The zero-order chi connectivity index (χ0) is 24.3. The van der Waals surface area contributed by atoms with Crippen molar-refractivity contribution in [1.82, 2.24) is 5.32 Å². The molecule has 2 aromatic rings. The Morgan fingerprint density at radius 3 is 2.56 bits per heavy atom. The number of amides is 2. The molecular weight excluding hydrogens is 430 g/mol. The van der Waals surface area contributed by atoms with Gasteiger partial charge in [0, 0.05) is 11.7 Å². The van der Waals surface area contributed by atoms with Crippen molar-refractivity contribution in [3.05, 3.63) is 59.7 Å². The number of hydrogen-bond acceptors (Lipinski definition) is 5. The van der Waals surface area contributed by atoms with Crippen LogP contribution in [0.15, 0.2) is 54.1 Å². The van der Waals surface area contributed by atoms with Crippen molar-refractivity contribution in [3.8, 4) is 17.6 Å². The summed E-state index contributed by atoms with van der Waals surface area (Å²) < 4.78 is 11.3. The number of ether oxygens (including phenoxy) is 2. The number of para-hydroxylation sites is 1. The quantitative estimate of drug-likeness (QED) is 0.416. The summed E-state index contributed by atoms with van der Waals surface area (Å²) in [5.74, 6) is 0.580. The second-order valence-electron chi connectivity index (χ2n) is 8.35. The molecule has 178 valence electrons.